The van der Waals surface area contributed by atoms with Crippen LogP contribution in [0.5, 0.6) is 0 Å². The summed E-state index contributed by atoms with van der Waals surface area (Å²) in [5.74, 6) is -0.132. The summed E-state index contributed by atoms with van der Waals surface area (Å²) in [7, 11) is -2.03. The monoisotopic (exact) mass is 329 g/mol. The lowest BCUT2D eigenvalue weighted by molar-refractivity contribution is -0.121. The summed E-state index contributed by atoms with van der Waals surface area (Å²) < 4.78 is 31.1. The first kappa shape index (κ1) is 18.6. The van der Waals surface area contributed by atoms with Gasteiger partial charge in [0, 0.05) is 32.7 Å². The zero-order valence-corrected chi connectivity index (χ0v) is 13.7. The number of hydrogen-bond donors (Lipinski definition) is 3. The minimum Gasteiger partial charge on any atom is -0.383 e. The van der Waals surface area contributed by atoms with Crippen molar-refractivity contribution >= 4 is 15.9 Å². The Morgan fingerprint density at radius 2 is 1.95 bits per heavy atom. The van der Waals surface area contributed by atoms with E-state index in [4.69, 9.17) is 10.5 Å². The number of hydrogen-bond acceptors (Lipinski definition) is 5. The van der Waals surface area contributed by atoms with Crippen LogP contribution in [-0.2, 0) is 26.1 Å². The summed E-state index contributed by atoms with van der Waals surface area (Å²) in [4.78, 5) is 11.7. The number of benzene rings is 1. The lowest BCUT2D eigenvalue weighted by Crippen LogP contribution is -2.29. The topological polar surface area (TPSA) is 111 Å². The number of nitrogens with two attached hydrogens (primary N) is 1. The Morgan fingerprint density at radius 3 is 2.50 bits per heavy atom. The van der Waals surface area contributed by atoms with Crippen molar-refractivity contribution in [1.82, 2.24) is 10.0 Å². The number of sulfonamides is 1. The molecule has 0 aliphatic rings. The van der Waals surface area contributed by atoms with E-state index in [0.717, 1.165) is 5.56 Å². The SMILES string of the molecule is COCCNS(=O)(=O)c1ccc(CNC(=O)CC(C)N)cc1. The van der Waals surface area contributed by atoms with Crippen LogP contribution in [0, 0.1) is 0 Å². The number of ether oxygens (including phenoxy) is 1. The van der Waals surface area contributed by atoms with E-state index >= 15 is 0 Å². The zero-order chi connectivity index (χ0) is 16.6. The molecule has 1 aromatic rings. The fraction of sp³-hybridized carbons (Fsp3) is 0.500. The largest absolute Gasteiger partial charge is 0.383 e. The van der Waals surface area contributed by atoms with Gasteiger partial charge in [-0.15, -0.1) is 0 Å². The molecule has 1 aromatic carbocycles. The van der Waals surface area contributed by atoms with Crippen molar-refractivity contribution < 1.29 is 17.9 Å². The molecular formula is C14H23N3O4S. The van der Waals surface area contributed by atoms with E-state index in [-0.39, 0.29) is 29.8 Å². The Morgan fingerprint density at radius 1 is 1.32 bits per heavy atom. The summed E-state index contributed by atoms with van der Waals surface area (Å²) >= 11 is 0. The summed E-state index contributed by atoms with van der Waals surface area (Å²) in [5.41, 5.74) is 6.35. The van der Waals surface area contributed by atoms with Crippen LogP contribution in [0.25, 0.3) is 0 Å². The second-order valence-electron chi connectivity index (χ2n) is 4.99. The fourth-order valence-corrected chi connectivity index (χ4v) is 2.73. The Labute approximate surface area is 131 Å². The van der Waals surface area contributed by atoms with Crippen molar-refractivity contribution in [1.29, 1.82) is 0 Å². The van der Waals surface area contributed by atoms with Crippen LogP contribution in [0.2, 0.25) is 0 Å². The van der Waals surface area contributed by atoms with Gasteiger partial charge >= 0.3 is 0 Å². The van der Waals surface area contributed by atoms with Crippen LogP contribution in [0.1, 0.15) is 18.9 Å². The predicted molar refractivity (Wildman–Crippen MR) is 83.6 cm³/mol. The van der Waals surface area contributed by atoms with Crippen LogP contribution in [0.4, 0.5) is 0 Å². The van der Waals surface area contributed by atoms with E-state index in [1.165, 1.54) is 19.2 Å². The van der Waals surface area contributed by atoms with E-state index in [2.05, 4.69) is 10.0 Å². The lowest BCUT2D eigenvalue weighted by Gasteiger charge is -2.09. The standard InChI is InChI=1S/C14H23N3O4S/c1-11(15)9-14(18)16-10-12-3-5-13(6-4-12)22(19,20)17-7-8-21-2/h3-6,11,17H,7-10,15H2,1-2H3,(H,16,18). The lowest BCUT2D eigenvalue weighted by atomic mass is 10.2. The molecule has 0 fully saturated rings. The normalized spacial score (nSPS) is 12.9. The number of rotatable bonds is 9. The molecular weight excluding hydrogens is 306 g/mol. The molecule has 22 heavy (non-hydrogen) atoms. The number of amides is 1. The van der Waals surface area contributed by atoms with Crippen LogP contribution in [0.3, 0.4) is 0 Å². The fourth-order valence-electron chi connectivity index (χ4n) is 1.71. The number of methoxy groups -OCH3 is 1. The van der Waals surface area contributed by atoms with Gasteiger partial charge in [0.1, 0.15) is 0 Å². The number of carbonyl (C=O) groups excluding carboxylic acids is 1. The minimum atomic E-state index is -3.53. The molecule has 0 heterocycles. The third kappa shape index (κ3) is 6.52. The van der Waals surface area contributed by atoms with Gasteiger partial charge in [-0.2, -0.15) is 0 Å². The van der Waals surface area contributed by atoms with Gasteiger partial charge in [0.05, 0.1) is 11.5 Å². The zero-order valence-electron chi connectivity index (χ0n) is 12.8. The third-order valence-corrected chi connectivity index (χ3v) is 4.31. The molecule has 0 aromatic heterocycles. The predicted octanol–water partition coefficient (Wildman–Crippen LogP) is -0.0352. The quantitative estimate of drug-likeness (QED) is 0.551. The molecule has 1 unspecified atom stereocenters. The first-order valence-electron chi connectivity index (χ1n) is 6.95. The van der Waals surface area contributed by atoms with Crippen molar-refractivity contribution in [2.45, 2.75) is 30.8 Å². The molecule has 0 saturated heterocycles. The van der Waals surface area contributed by atoms with E-state index in [9.17, 15) is 13.2 Å². The maximum Gasteiger partial charge on any atom is 0.240 e. The van der Waals surface area contributed by atoms with Gasteiger partial charge in [0.25, 0.3) is 0 Å². The molecule has 1 atom stereocenters. The van der Waals surface area contributed by atoms with Gasteiger partial charge in [0.2, 0.25) is 15.9 Å². The van der Waals surface area contributed by atoms with Crippen molar-refractivity contribution in [2.24, 2.45) is 5.73 Å². The van der Waals surface area contributed by atoms with Crippen LogP contribution in [0.15, 0.2) is 29.2 Å². The van der Waals surface area contributed by atoms with E-state index in [0.29, 0.717) is 13.2 Å². The van der Waals surface area contributed by atoms with Crippen LogP contribution < -0.4 is 15.8 Å². The highest BCUT2D eigenvalue weighted by Gasteiger charge is 2.13. The van der Waals surface area contributed by atoms with Crippen LogP contribution in [-0.4, -0.2) is 40.6 Å². The number of carbonyl (C=O) groups is 1. The second kappa shape index (κ2) is 8.84. The highest BCUT2D eigenvalue weighted by atomic mass is 32.2. The molecule has 1 rings (SSSR count). The molecule has 0 aliphatic carbocycles. The second-order valence-corrected chi connectivity index (χ2v) is 6.76. The highest BCUT2D eigenvalue weighted by molar-refractivity contribution is 7.89. The van der Waals surface area contributed by atoms with Crippen molar-refractivity contribution in [3.63, 3.8) is 0 Å². The molecule has 7 nitrogen and oxygen atoms in total. The molecule has 1 amide bonds. The molecule has 0 aliphatic heterocycles. The van der Waals surface area contributed by atoms with Gasteiger partial charge < -0.3 is 15.8 Å². The maximum atomic E-state index is 12.0. The van der Waals surface area contributed by atoms with Crippen molar-refractivity contribution in [3.8, 4) is 0 Å². The average molecular weight is 329 g/mol. The summed E-state index contributed by atoms with van der Waals surface area (Å²) in [6.07, 6.45) is 0.260. The average Bonchev–Trinajstić information content (AvgIpc) is 2.45. The van der Waals surface area contributed by atoms with Gasteiger partial charge in [-0.05, 0) is 24.6 Å². The molecule has 8 heteroatoms. The van der Waals surface area contributed by atoms with Gasteiger partial charge in [-0.3, -0.25) is 4.79 Å². The highest BCUT2D eigenvalue weighted by Crippen LogP contribution is 2.10. The summed E-state index contributed by atoms with van der Waals surface area (Å²) in [6.45, 7) is 2.62. The van der Waals surface area contributed by atoms with E-state index < -0.39 is 10.0 Å². The number of nitrogens with one attached hydrogen (secondary N) is 2. The van der Waals surface area contributed by atoms with E-state index in [1.54, 1.807) is 19.1 Å². The first-order chi connectivity index (χ1) is 10.3. The first-order valence-corrected chi connectivity index (χ1v) is 8.43. The van der Waals surface area contributed by atoms with Crippen molar-refractivity contribution in [2.75, 3.05) is 20.3 Å². The molecule has 4 N–H and O–H groups in total. The minimum absolute atomic E-state index is 0.132. The molecule has 0 saturated carbocycles. The summed E-state index contributed by atoms with van der Waals surface area (Å²) in [6, 6.07) is 6.14. The Bertz CT molecular complexity index is 570. The van der Waals surface area contributed by atoms with E-state index in [1.807, 2.05) is 0 Å². The molecule has 0 bridgehead atoms. The van der Waals surface area contributed by atoms with Gasteiger partial charge in [0.15, 0.2) is 0 Å². The molecule has 0 spiro atoms. The summed E-state index contributed by atoms with van der Waals surface area (Å²) in [5, 5.41) is 2.73. The van der Waals surface area contributed by atoms with Crippen LogP contribution >= 0.6 is 0 Å². The maximum absolute atomic E-state index is 12.0. The molecule has 124 valence electrons. The van der Waals surface area contributed by atoms with Crippen molar-refractivity contribution in [3.05, 3.63) is 29.8 Å². The third-order valence-electron chi connectivity index (χ3n) is 2.83. The van der Waals surface area contributed by atoms with Gasteiger partial charge in [-0.25, -0.2) is 13.1 Å². The Kier molecular flexibility index (Phi) is 7.46. The Hall–Kier alpha value is -1.48. The molecule has 0 radical (unpaired) electrons. The van der Waals surface area contributed by atoms with Gasteiger partial charge in [-0.1, -0.05) is 12.1 Å². The smallest absolute Gasteiger partial charge is 0.240 e. The Balaban J connectivity index is 2.57.